The standard InChI is InChI=1S/C49H41N7O9/c57-36-22-18-34(19-23-36)43-49(37-14-7-8-15-38(37)54(46(49)60)48(61)64-30-31-16-20-35(21-17-31)56(62)63)39(44(58)52-26-28-53(29-27-52)47-50-24-9-25-51-47)41-45(59)65-42(33-12-5-2-6-13-33)40(55(41)43)32-10-3-1-4-11-32/h1-25,39-43,57H,26-30H2/t39-,40-,41-,42+,43+,49-/m0/s1. The number of esters is 1. The molecule has 0 saturated carbocycles. The van der Waals surface area contributed by atoms with Gasteiger partial charge in [-0.3, -0.25) is 29.4 Å². The average molecular weight is 872 g/mol. The maximum absolute atomic E-state index is 16.2. The van der Waals surface area contributed by atoms with Gasteiger partial charge in [-0.15, -0.1) is 0 Å². The molecule has 326 valence electrons. The van der Waals surface area contributed by atoms with E-state index >= 15 is 14.4 Å². The molecule has 6 atom stereocenters. The van der Waals surface area contributed by atoms with E-state index in [1.165, 1.54) is 36.4 Å². The maximum Gasteiger partial charge on any atom is 0.421 e. The Kier molecular flexibility index (Phi) is 10.5. The van der Waals surface area contributed by atoms with Crippen LogP contribution in [0.2, 0.25) is 0 Å². The van der Waals surface area contributed by atoms with Gasteiger partial charge in [-0.05, 0) is 64.2 Å². The highest BCUT2D eigenvalue weighted by Gasteiger charge is 2.76. The maximum atomic E-state index is 16.2. The zero-order chi connectivity index (χ0) is 44.8. The zero-order valence-electron chi connectivity index (χ0n) is 34.7. The van der Waals surface area contributed by atoms with E-state index in [2.05, 4.69) is 9.97 Å². The van der Waals surface area contributed by atoms with Gasteiger partial charge in [0.15, 0.2) is 0 Å². The van der Waals surface area contributed by atoms with Crippen molar-refractivity contribution < 1.29 is 38.7 Å². The summed E-state index contributed by atoms with van der Waals surface area (Å²) < 4.78 is 12.4. The van der Waals surface area contributed by atoms with Crippen LogP contribution in [0.1, 0.15) is 46.0 Å². The second-order valence-electron chi connectivity index (χ2n) is 16.4. The number of cyclic esters (lactones) is 1. The van der Waals surface area contributed by atoms with Crippen LogP contribution in [0, 0.1) is 16.0 Å². The summed E-state index contributed by atoms with van der Waals surface area (Å²) in [7, 11) is 0. The quantitative estimate of drug-likeness (QED) is 0.100. The molecule has 4 aliphatic rings. The van der Waals surface area contributed by atoms with Crippen LogP contribution in [-0.2, 0) is 35.9 Å². The van der Waals surface area contributed by atoms with Crippen molar-refractivity contribution >= 4 is 41.2 Å². The van der Waals surface area contributed by atoms with Crippen molar-refractivity contribution in [2.45, 2.75) is 36.3 Å². The van der Waals surface area contributed by atoms with Gasteiger partial charge in [0.1, 0.15) is 29.9 Å². The summed E-state index contributed by atoms with van der Waals surface area (Å²) in [6.45, 7) is 0.820. The lowest BCUT2D eigenvalue weighted by Crippen LogP contribution is -2.59. The number of para-hydroxylation sites is 1. The number of phenolic OH excluding ortho intramolecular Hbond substituents is 1. The number of piperazine rings is 1. The number of phenols is 1. The molecule has 1 N–H and O–H groups in total. The van der Waals surface area contributed by atoms with Crippen LogP contribution in [0.3, 0.4) is 0 Å². The number of benzene rings is 5. The van der Waals surface area contributed by atoms with Crippen molar-refractivity contribution in [3.05, 3.63) is 190 Å². The van der Waals surface area contributed by atoms with E-state index in [4.69, 9.17) is 9.47 Å². The van der Waals surface area contributed by atoms with Crippen molar-refractivity contribution in [3.63, 3.8) is 0 Å². The van der Waals surface area contributed by atoms with E-state index in [1.54, 1.807) is 59.8 Å². The molecular formula is C49H41N7O9. The number of ether oxygens (including phenoxy) is 2. The number of imide groups is 1. The highest BCUT2D eigenvalue weighted by Crippen LogP contribution is 2.66. The van der Waals surface area contributed by atoms with Crippen molar-refractivity contribution in [3.8, 4) is 5.75 Å². The molecule has 1 aromatic heterocycles. The van der Waals surface area contributed by atoms with Crippen LogP contribution in [-0.4, -0.2) is 85.9 Å². The number of nitrogens with zero attached hydrogens (tertiary/aromatic N) is 7. The number of nitro groups is 1. The Labute approximate surface area is 372 Å². The van der Waals surface area contributed by atoms with Crippen LogP contribution in [0.25, 0.3) is 0 Å². The first kappa shape index (κ1) is 41.1. The molecule has 3 fully saturated rings. The van der Waals surface area contributed by atoms with Crippen molar-refractivity contribution in [1.82, 2.24) is 19.8 Å². The fourth-order valence-corrected chi connectivity index (χ4v) is 10.2. The van der Waals surface area contributed by atoms with Crippen LogP contribution in [0.4, 0.5) is 22.1 Å². The summed E-state index contributed by atoms with van der Waals surface area (Å²) in [5, 5.41) is 22.0. The normalized spacial score (nSPS) is 23.8. The Morgan fingerprint density at radius 2 is 1.38 bits per heavy atom. The molecule has 65 heavy (non-hydrogen) atoms. The second kappa shape index (κ2) is 16.6. The van der Waals surface area contributed by atoms with Gasteiger partial charge in [0.25, 0.3) is 5.69 Å². The number of fused-ring (bicyclic) bond motifs is 3. The molecule has 16 nitrogen and oxygen atoms in total. The Balaban J connectivity index is 1.16. The molecule has 10 rings (SSSR count). The fraction of sp³-hybridized carbons (Fsp3) is 0.224. The zero-order valence-corrected chi connectivity index (χ0v) is 34.7. The minimum atomic E-state index is -1.97. The lowest BCUT2D eigenvalue weighted by molar-refractivity contribution is -0.384. The third-order valence-corrected chi connectivity index (χ3v) is 13.0. The van der Waals surface area contributed by atoms with E-state index in [0.29, 0.717) is 41.3 Å². The predicted octanol–water partition coefficient (Wildman–Crippen LogP) is 6.44. The van der Waals surface area contributed by atoms with Gasteiger partial charge in [-0.1, -0.05) is 91.0 Å². The van der Waals surface area contributed by atoms with E-state index in [9.17, 15) is 20.0 Å². The number of aromatic nitrogens is 2. The molecule has 0 aliphatic carbocycles. The largest absolute Gasteiger partial charge is 0.508 e. The first-order valence-corrected chi connectivity index (χ1v) is 21.2. The number of aromatic hydroxyl groups is 1. The molecule has 4 aliphatic heterocycles. The van der Waals surface area contributed by atoms with Gasteiger partial charge in [-0.2, -0.15) is 0 Å². The molecule has 5 aromatic carbocycles. The van der Waals surface area contributed by atoms with E-state index in [0.717, 1.165) is 10.5 Å². The molecule has 0 bridgehead atoms. The number of anilines is 2. The first-order valence-electron chi connectivity index (χ1n) is 21.2. The predicted molar refractivity (Wildman–Crippen MR) is 234 cm³/mol. The highest BCUT2D eigenvalue weighted by atomic mass is 16.6. The fourth-order valence-electron chi connectivity index (χ4n) is 10.2. The minimum absolute atomic E-state index is 0.0420. The average Bonchev–Trinajstić information content (AvgIpc) is 3.80. The summed E-state index contributed by atoms with van der Waals surface area (Å²) in [4.78, 5) is 88.0. The number of hydrogen-bond donors (Lipinski definition) is 1. The number of rotatable bonds is 8. The number of non-ortho nitro benzene ring substituents is 1. The van der Waals surface area contributed by atoms with Crippen molar-refractivity contribution in [1.29, 1.82) is 0 Å². The molecule has 6 aromatic rings. The van der Waals surface area contributed by atoms with Crippen LogP contribution in [0.5, 0.6) is 5.75 Å². The van der Waals surface area contributed by atoms with Crippen LogP contribution < -0.4 is 9.80 Å². The lowest BCUT2D eigenvalue weighted by atomic mass is 9.65. The third-order valence-electron chi connectivity index (χ3n) is 13.0. The van der Waals surface area contributed by atoms with E-state index in [-0.39, 0.29) is 36.8 Å². The van der Waals surface area contributed by atoms with Crippen molar-refractivity contribution in [2.75, 3.05) is 36.0 Å². The molecule has 0 unspecified atom stereocenters. The van der Waals surface area contributed by atoms with Crippen molar-refractivity contribution in [2.24, 2.45) is 5.92 Å². The molecule has 3 saturated heterocycles. The SMILES string of the molecule is O=C1O[C@H](c2ccccc2)[C@H](c2ccccc2)N2[C@H]1[C@@H](C(=O)N1CCN(c3ncccn3)CC1)[C@]1(C(=O)N(C(=O)OCc3ccc([N+](=O)[O-])cc3)c3ccccc31)[C@H]2c1ccc(O)cc1. The van der Waals surface area contributed by atoms with E-state index in [1.807, 2.05) is 70.5 Å². The molecule has 5 heterocycles. The van der Waals surface area contributed by atoms with Crippen LogP contribution >= 0.6 is 0 Å². The van der Waals surface area contributed by atoms with Gasteiger partial charge >= 0.3 is 12.1 Å². The third kappa shape index (κ3) is 6.89. The second-order valence-corrected chi connectivity index (χ2v) is 16.4. The summed E-state index contributed by atoms with van der Waals surface area (Å²) in [5.74, 6) is -2.99. The molecule has 0 radical (unpaired) electrons. The number of hydrogen-bond acceptors (Lipinski definition) is 13. The van der Waals surface area contributed by atoms with E-state index < -0.39 is 64.4 Å². The minimum Gasteiger partial charge on any atom is -0.508 e. The molecule has 3 amide bonds. The van der Waals surface area contributed by atoms with Gasteiger partial charge < -0.3 is 24.4 Å². The molecule has 1 spiro atoms. The number of carbonyl (C=O) groups is 4. The van der Waals surface area contributed by atoms with Gasteiger partial charge in [0.2, 0.25) is 17.8 Å². The Hall–Kier alpha value is -7.98. The smallest absolute Gasteiger partial charge is 0.421 e. The highest BCUT2D eigenvalue weighted by molar-refractivity contribution is 6.23. The Morgan fingerprint density at radius 3 is 2.05 bits per heavy atom. The van der Waals surface area contributed by atoms with Gasteiger partial charge in [-0.25, -0.2) is 19.7 Å². The summed E-state index contributed by atoms with van der Waals surface area (Å²) in [6, 6.07) is 35.8. The monoisotopic (exact) mass is 871 g/mol. The number of carbonyl (C=O) groups excluding carboxylic acids is 4. The summed E-state index contributed by atoms with van der Waals surface area (Å²) in [5.41, 5.74) is 0.761. The number of nitro benzene ring substituents is 1. The topological polar surface area (TPSA) is 189 Å². The Morgan fingerprint density at radius 1 is 0.754 bits per heavy atom. The summed E-state index contributed by atoms with van der Waals surface area (Å²) in [6.07, 6.45) is 1.34. The summed E-state index contributed by atoms with van der Waals surface area (Å²) >= 11 is 0. The number of morpholine rings is 1. The van der Waals surface area contributed by atoms with Gasteiger partial charge in [0, 0.05) is 50.7 Å². The molecule has 16 heteroatoms. The number of amides is 3. The van der Waals surface area contributed by atoms with Gasteiger partial charge in [0.05, 0.1) is 28.6 Å². The molecular weight excluding hydrogens is 831 g/mol. The first-order chi connectivity index (χ1) is 31.7. The van der Waals surface area contributed by atoms with Crippen LogP contribution in [0.15, 0.2) is 152 Å². The Bertz CT molecular complexity index is 2780. The lowest BCUT2D eigenvalue weighted by Gasteiger charge is -2.46.